The van der Waals surface area contributed by atoms with Crippen LogP contribution in [0.2, 0.25) is 0 Å². The molecule has 2 rings (SSSR count). The Morgan fingerprint density at radius 2 is 1.67 bits per heavy atom. The van der Waals surface area contributed by atoms with Crippen molar-refractivity contribution in [2.75, 3.05) is 25.1 Å². The smallest absolute Gasteiger partial charge is 0.193 e. The van der Waals surface area contributed by atoms with Crippen molar-refractivity contribution in [2.45, 2.75) is 33.9 Å². The second-order valence-corrected chi connectivity index (χ2v) is 6.27. The van der Waals surface area contributed by atoms with Gasteiger partial charge in [-0.2, -0.15) is 0 Å². The van der Waals surface area contributed by atoms with Crippen molar-refractivity contribution in [3.63, 3.8) is 0 Å². The quantitative estimate of drug-likeness (QED) is 0.240. The van der Waals surface area contributed by atoms with Crippen molar-refractivity contribution in [3.05, 3.63) is 64.7 Å². The fourth-order valence-corrected chi connectivity index (χ4v) is 2.68. The van der Waals surface area contributed by atoms with Gasteiger partial charge < -0.3 is 20.5 Å². The SMILES string of the molecule is CCOCCOCc1cccc(CN=C(N)Nc2cc(C)cc(C)c2)c1.I. The molecule has 0 atom stereocenters. The van der Waals surface area contributed by atoms with Crippen LogP contribution in [0.4, 0.5) is 5.69 Å². The van der Waals surface area contributed by atoms with Gasteiger partial charge in [0.1, 0.15) is 0 Å². The average molecular weight is 483 g/mol. The lowest BCUT2D eigenvalue weighted by Crippen LogP contribution is -2.22. The third kappa shape index (κ3) is 9.21. The largest absolute Gasteiger partial charge is 0.379 e. The highest BCUT2D eigenvalue weighted by Gasteiger charge is 2.00. The van der Waals surface area contributed by atoms with E-state index in [1.54, 1.807) is 0 Å². The average Bonchev–Trinajstić information content (AvgIpc) is 2.59. The summed E-state index contributed by atoms with van der Waals surface area (Å²) >= 11 is 0. The van der Waals surface area contributed by atoms with E-state index in [4.69, 9.17) is 15.2 Å². The number of hydrogen-bond donors (Lipinski definition) is 2. The number of benzene rings is 2. The second kappa shape index (κ2) is 12.7. The molecule has 0 aromatic heterocycles. The van der Waals surface area contributed by atoms with Gasteiger partial charge in [0.25, 0.3) is 0 Å². The molecular weight excluding hydrogens is 453 g/mol. The highest BCUT2D eigenvalue weighted by molar-refractivity contribution is 14.0. The highest BCUT2D eigenvalue weighted by Crippen LogP contribution is 2.13. The zero-order valence-electron chi connectivity index (χ0n) is 16.3. The molecule has 0 saturated carbocycles. The van der Waals surface area contributed by atoms with Crippen LogP contribution in [-0.2, 0) is 22.6 Å². The Morgan fingerprint density at radius 3 is 2.37 bits per heavy atom. The van der Waals surface area contributed by atoms with Crippen LogP contribution in [0.15, 0.2) is 47.5 Å². The molecule has 3 N–H and O–H groups in total. The molecule has 0 heterocycles. The van der Waals surface area contributed by atoms with Gasteiger partial charge in [-0.05, 0) is 55.2 Å². The lowest BCUT2D eigenvalue weighted by molar-refractivity contribution is 0.0453. The first-order valence-electron chi connectivity index (χ1n) is 8.95. The molecule has 0 aliphatic heterocycles. The molecule has 0 fully saturated rings. The maximum absolute atomic E-state index is 6.02. The summed E-state index contributed by atoms with van der Waals surface area (Å²) < 4.78 is 10.9. The number of hydrogen-bond acceptors (Lipinski definition) is 3. The molecule has 148 valence electrons. The fraction of sp³-hybridized carbons (Fsp3) is 0.381. The van der Waals surface area contributed by atoms with Crippen LogP contribution in [0.5, 0.6) is 0 Å². The monoisotopic (exact) mass is 483 g/mol. The number of ether oxygens (including phenoxy) is 2. The van der Waals surface area contributed by atoms with E-state index in [-0.39, 0.29) is 24.0 Å². The first-order chi connectivity index (χ1) is 12.6. The number of nitrogens with zero attached hydrogens (tertiary/aromatic N) is 1. The summed E-state index contributed by atoms with van der Waals surface area (Å²) in [6, 6.07) is 14.4. The third-order valence-corrected chi connectivity index (χ3v) is 3.76. The zero-order valence-corrected chi connectivity index (χ0v) is 18.7. The van der Waals surface area contributed by atoms with Crippen molar-refractivity contribution >= 4 is 35.6 Å². The summed E-state index contributed by atoms with van der Waals surface area (Å²) in [5, 5.41) is 3.15. The Bertz CT molecular complexity index is 715. The number of anilines is 1. The molecule has 5 nitrogen and oxygen atoms in total. The van der Waals surface area contributed by atoms with E-state index in [1.807, 2.05) is 25.1 Å². The van der Waals surface area contributed by atoms with E-state index in [0.29, 0.717) is 38.9 Å². The third-order valence-electron chi connectivity index (χ3n) is 3.76. The Labute approximate surface area is 179 Å². The van der Waals surface area contributed by atoms with E-state index in [9.17, 15) is 0 Å². The summed E-state index contributed by atoms with van der Waals surface area (Å²) in [4.78, 5) is 4.43. The van der Waals surface area contributed by atoms with Crippen LogP contribution < -0.4 is 11.1 Å². The van der Waals surface area contributed by atoms with E-state index < -0.39 is 0 Å². The maximum atomic E-state index is 6.02. The van der Waals surface area contributed by atoms with Crippen molar-refractivity contribution in [1.29, 1.82) is 0 Å². The minimum Gasteiger partial charge on any atom is -0.379 e. The van der Waals surface area contributed by atoms with Crippen LogP contribution in [0, 0.1) is 13.8 Å². The van der Waals surface area contributed by atoms with E-state index >= 15 is 0 Å². The summed E-state index contributed by atoms with van der Waals surface area (Å²) in [6.07, 6.45) is 0. The minimum absolute atomic E-state index is 0. The number of rotatable bonds is 9. The molecule has 0 bridgehead atoms. The van der Waals surface area contributed by atoms with E-state index in [0.717, 1.165) is 16.8 Å². The molecule has 0 aliphatic rings. The lowest BCUT2D eigenvalue weighted by Gasteiger charge is -2.09. The van der Waals surface area contributed by atoms with Crippen molar-refractivity contribution in [3.8, 4) is 0 Å². The first-order valence-corrected chi connectivity index (χ1v) is 8.95. The molecular formula is C21H30IN3O2. The Balaban J connectivity index is 0.00000364. The molecule has 6 heteroatoms. The standard InChI is InChI=1S/C21H29N3O2.HI/c1-4-25-8-9-26-15-19-7-5-6-18(13-19)14-23-21(22)24-20-11-16(2)10-17(3)12-20;/h5-7,10-13H,4,8-9,14-15H2,1-3H3,(H3,22,23,24);1H. The Hall–Kier alpha value is -1.64. The van der Waals surface area contributed by atoms with Gasteiger partial charge in [-0.15, -0.1) is 24.0 Å². The van der Waals surface area contributed by atoms with Gasteiger partial charge >= 0.3 is 0 Å². The number of nitrogens with two attached hydrogens (primary N) is 1. The zero-order chi connectivity index (χ0) is 18.8. The number of aliphatic imine (C=N–C) groups is 1. The van der Waals surface area contributed by atoms with Gasteiger partial charge in [-0.1, -0.05) is 30.3 Å². The van der Waals surface area contributed by atoms with Gasteiger partial charge in [-0.25, -0.2) is 4.99 Å². The van der Waals surface area contributed by atoms with Gasteiger partial charge in [0.05, 0.1) is 26.4 Å². The Kier molecular flexibility index (Phi) is 11.0. The second-order valence-electron chi connectivity index (χ2n) is 6.27. The molecule has 0 amide bonds. The first kappa shape index (κ1) is 23.4. The molecule has 0 unspecified atom stereocenters. The van der Waals surface area contributed by atoms with Crippen molar-refractivity contribution in [2.24, 2.45) is 10.7 Å². The van der Waals surface area contributed by atoms with Crippen molar-refractivity contribution in [1.82, 2.24) is 0 Å². The summed E-state index contributed by atoms with van der Waals surface area (Å²) in [7, 11) is 0. The molecule has 0 aliphatic carbocycles. The van der Waals surface area contributed by atoms with Gasteiger partial charge in [0.15, 0.2) is 5.96 Å². The lowest BCUT2D eigenvalue weighted by atomic mass is 10.1. The summed E-state index contributed by atoms with van der Waals surface area (Å²) in [6.45, 7) is 9.14. The molecule has 0 spiro atoms. The minimum atomic E-state index is 0. The number of guanidine groups is 1. The van der Waals surface area contributed by atoms with E-state index in [2.05, 4.69) is 48.4 Å². The topological polar surface area (TPSA) is 68.9 Å². The highest BCUT2D eigenvalue weighted by atomic mass is 127. The molecule has 2 aromatic carbocycles. The maximum Gasteiger partial charge on any atom is 0.193 e. The summed E-state index contributed by atoms with van der Waals surface area (Å²) in [5.41, 5.74) is 11.6. The van der Waals surface area contributed by atoms with Crippen LogP contribution >= 0.6 is 24.0 Å². The van der Waals surface area contributed by atoms with Gasteiger partial charge in [0.2, 0.25) is 0 Å². The molecule has 0 saturated heterocycles. The molecule has 2 aromatic rings. The number of nitrogens with one attached hydrogen (secondary N) is 1. The number of aryl methyl sites for hydroxylation is 2. The molecule has 27 heavy (non-hydrogen) atoms. The predicted octanol–water partition coefficient (Wildman–Crippen LogP) is 4.40. The van der Waals surface area contributed by atoms with Gasteiger partial charge in [0, 0.05) is 12.3 Å². The van der Waals surface area contributed by atoms with Crippen LogP contribution in [0.25, 0.3) is 0 Å². The predicted molar refractivity (Wildman–Crippen MR) is 123 cm³/mol. The fourth-order valence-electron chi connectivity index (χ4n) is 2.68. The van der Waals surface area contributed by atoms with Crippen molar-refractivity contribution < 1.29 is 9.47 Å². The number of halogens is 1. The molecule has 0 radical (unpaired) electrons. The van der Waals surface area contributed by atoms with Gasteiger partial charge in [-0.3, -0.25) is 0 Å². The van der Waals surface area contributed by atoms with E-state index in [1.165, 1.54) is 11.1 Å². The van der Waals surface area contributed by atoms with Crippen LogP contribution in [0.1, 0.15) is 29.2 Å². The van der Waals surface area contributed by atoms with Crippen LogP contribution in [0.3, 0.4) is 0 Å². The normalized spacial score (nSPS) is 11.1. The Morgan fingerprint density at radius 1 is 1.00 bits per heavy atom. The van der Waals surface area contributed by atoms with Crippen LogP contribution in [-0.4, -0.2) is 25.8 Å². The summed E-state index contributed by atoms with van der Waals surface area (Å²) in [5.74, 6) is 0.411.